The van der Waals surface area contributed by atoms with Gasteiger partial charge in [-0.05, 0) is 43.3 Å². The first kappa shape index (κ1) is 17.2. The van der Waals surface area contributed by atoms with E-state index in [4.69, 9.17) is 9.47 Å². The minimum absolute atomic E-state index is 0.0532. The maximum Gasteiger partial charge on any atom is 0.314 e. The van der Waals surface area contributed by atoms with E-state index in [9.17, 15) is 19.3 Å². The van der Waals surface area contributed by atoms with Crippen molar-refractivity contribution in [2.75, 3.05) is 12.4 Å². The fourth-order valence-corrected chi connectivity index (χ4v) is 1.89. The standard InChI is InChI=1S/C16H15FN2O5/c1-10(16(20)18-12-5-3-11(17)4-6-12)24-15-8-7-13(23-2)9-14(15)19(21)22/h3-10H,1-2H3,(H,18,20)/t10-/m1/s1. The van der Waals surface area contributed by atoms with Gasteiger partial charge in [0.1, 0.15) is 11.6 Å². The minimum atomic E-state index is -0.998. The van der Waals surface area contributed by atoms with E-state index in [0.717, 1.165) is 0 Å². The topological polar surface area (TPSA) is 90.7 Å². The molecule has 0 unspecified atom stereocenters. The summed E-state index contributed by atoms with van der Waals surface area (Å²) >= 11 is 0. The Bertz CT molecular complexity index is 749. The van der Waals surface area contributed by atoms with Gasteiger partial charge in [0.05, 0.1) is 18.1 Å². The van der Waals surface area contributed by atoms with Crippen molar-refractivity contribution in [2.24, 2.45) is 0 Å². The minimum Gasteiger partial charge on any atom is -0.496 e. The van der Waals surface area contributed by atoms with Gasteiger partial charge >= 0.3 is 5.69 Å². The number of nitro benzene ring substituents is 1. The number of benzene rings is 2. The SMILES string of the molecule is COc1ccc(O[C@H](C)C(=O)Nc2ccc(F)cc2)c([N+](=O)[O-])c1. The second-order valence-electron chi connectivity index (χ2n) is 4.85. The summed E-state index contributed by atoms with van der Waals surface area (Å²) < 4.78 is 23.2. The van der Waals surface area contributed by atoms with Crippen LogP contribution in [0.4, 0.5) is 15.8 Å². The van der Waals surface area contributed by atoms with Gasteiger partial charge in [0.15, 0.2) is 11.9 Å². The number of nitrogens with zero attached hydrogens (tertiary/aromatic N) is 1. The van der Waals surface area contributed by atoms with E-state index in [-0.39, 0.29) is 11.4 Å². The highest BCUT2D eigenvalue weighted by Gasteiger charge is 2.22. The summed E-state index contributed by atoms with van der Waals surface area (Å²) in [6.07, 6.45) is -0.998. The van der Waals surface area contributed by atoms with Crippen molar-refractivity contribution in [3.05, 3.63) is 58.4 Å². The zero-order valence-electron chi connectivity index (χ0n) is 13.0. The molecule has 0 spiro atoms. The van der Waals surface area contributed by atoms with E-state index in [2.05, 4.69) is 5.32 Å². The molecule has 0 radical (unpaired) electrons. The number of rotatable bonds is 6. The summed E-state index contributed by atoms with van der Waals surface area (Å²) in [5, 5.41) is 13.6. The maximum atomic E-state index is 12.8. The van der Waals surface area contributed by atoms with Gasteiger partial charge in [0, 0.05) is 5.69 Å². The van der Waals surface area contributed by atoms with Gasteiger partial charge in [0.2, 0.25) is 0 Å². The zero-order valence-corrected chi connectivity index (χ0v) is 13.0. The quantitative estimate of drug-likeness (QED) is 0.647. The molecule has 2 aromatic rings. The number of methoxy groups -OCH3 is 1. The number of nitrogens with one attached hydrogen (secondary N) is 1. The summed E-state index contributed by atoms with van der Waals surface area (Å²) in [5.41, 5.74) is 0.0804. The van der Waals surface area contributed by atoms with Crippen LogP contribution in [0, 0.1) is 15.9 Å². The highest BCUT2D eigenvalue weighted by molar-refractivity contribution is 5.94. The molecule has 2 rings (SSSR count). The average Bonchev–Trinajstić information content (AvgIpc) is 2.57. The van der Waals surface area contributed by atoms with Gasteiger partial charge in [-0.15, -0.1) is 0 Å². The van der Waals surface area contributed by atoms with Crippen LogP contribution in [0.2, 0.25) is 0 Å². The number of nitro groups is 1. The molecule has 0 saturated heterocycles. The molecule has 8 heteroatoms. The molecule has 7 nitrogen and oxygen atoms in total. The van der Waals surface area contributed by atoms with Gasteiger partial charge < -0.3 is 14.8 Å². The van der Waals surface area contributed by atoms with Gasteiger partial charge in [0.25, 0.3) is 5.91 Å². The van der Waals surface area contributed by atoms with Crippen LogP contribution in [-0.4, -0.2) is 24.0 Å². The first-order valence-electron chi connectivity index (χ1n) is 6.96. The molecule has 0 aliphatic rings. The third kappa shape index (κ3) is 4.19. The summed E-state index contributed by atoms with van der Waals surface area (Å²) in [7, 11) is 1.39. The summed E-state index contributed by atoms with van der Waals surface area (Å²) in [6.45, 7) is 1.45. The largest absolute Gasteiger partial charge is 0.496 e. The van der Waals surface area contributed by atoms with Crippen molar-refractivity contribution in [1.82, 2.24) is 0 Å². The Balaban J connectivity index is 2.10. The predicted molar refractivity (Wildman–Crippen MR) is 84.8 cm³/mol. The number of anilines is 1. The highest BCUT2D eigenvalue weighted by atomic mass is 19.1. The van der Waals surface area contributed by atoms with E-state index in [1.165, 1.54) is 56.5 Å². The molecular formula is C16H15FN2O5. The van der Waals surface area contributed by atoms with Crippen molar-refractivity contribution < 1.29 is 23.6 Å². The molecule has 1 atom stereocenters. The van der Waals surface area contributed by atoms with Gasteiger partial charge in [-0.1, -0.05) is 0 Å². The lowest BCUT2D eigenvalue weighted by Gasteiger charge is -2.15. The number of ether oxygens (including phenoxy) is 2. The third-order valence-corrected chi connectivity index (χ3v) is 3.15. The zero-order chi connectivity index (χ0) is 17.7. The van der Waals surface area contributed by atoms with E-state index >= 15 is 0 Å². The molecule has 0 saturated carbocycles. The van der Waals surface area contributed by atoms with Gasteiger partial charge in [-0.3, -0.25) is 14.9 Å². The first-order chi connectivity index (χ1) is 11.4. The number of halogens is 1. The Kier molecular flexibility index (Phi) is 5.31. The second-order valence-corrected chi connectivity index (χ2v) is 4.85. The van der Waals surface area contributed by atoms with Crippen LogP contribution in [0.25, 0.3) is 0 Å². The van der Waals surface area contributed by atoms with Crippen LogP contribution in [0.3, 0.4) is 0 Å². The second kappa shape index (κ2) is 7.40. The van der Waals surface area contributed by atoms with Crippen LogP contribution in [-0.2, 0) is 4.79 Å². The summed E-state index contributed by atoms with van der Waals surface area (Å²) in [5.74, 6) is -0.696. The van der Waals surface area contributed by atoms with E-state index in [1.807, 2.05) is 0 Å². The number of carbonyl (C=O) groups excluding carboxylic acids is 1. The number of carbonyl (C=O) groups is 1. The molecule has 0 aliphatic carbocycles. The maximum absolute atomic E-state index is 12.8. The fraction of sp³-hybridized carbons (Fsp3) is 0.188. The van der Waals surface area contributed by atoms with E-state index < -0.39 is 22.8 Å². The lowest BCUT2D eigenvalue weighted by Crippen LogP contribution is -2.30. The molecule has 126 valence electrons. The van der Waals surface area contributed by atoms with E-state index in [1.54, 1.807) is 0 Å². The summed E-state index contributed by atoms with van der Waals surface area (Å²) in [4.78, 5) is 22.6. The summed E-state index contributed by atoms with van der Waals surface area (Å²) in [6, 6.07) is 9.27. The van der Waals surface area contributed by atoms with Crippen molar-refractivity contribution in [3.63, 3.8) is 0 Å². The van der Waals surface area contributed by atoms with Gasteiger partial charge in [-0.25, -0.2) is 4.39 Å². The van der Waals surface area contributed by atoms with Gasteiger partial charge in [-0.2, -0.15) is 0 Å². The van der Waals surface area contributed by atoms with Crippen LogP contribution < -0.4 is 14.8 Å². The number of amides is 1. The fourth-order valence-electron chi connectivity index (χ4n) is 1.89. The Morgan fingerprint density at radius 3 is 2.50 bits per heavy atom. The lowest BCUT2D eigenvalue weighted by molar-refractivity contribution is -0.386. The molecule has 2 aromatic carbocycles. The van der Waals surface area contributed by atoms with Crippen LogP contribution in [0.1, 0.15) is 6.92 Å². The molecule has 1 N–H and O–H groups in total. The molecule has 0 aromatic heterocycles. The molecule has 1 amide bonds. The van der Waals surface area contributed by atoms with Crippen molar-refractivity contribution in [1.29, 1.82) is 0 Å². The molecule has 24 heavy (non-hydrogen) atoms. The molecule has 0 bridgehead atoms. The Labute approximate surface area is 137 Å². The smallest absolute Gasteiger partial charge is 0.314 e. The average molecular weight is 334 g/mol. The van der Waals surface area contributed by atoms with Crippen molar-refractivity contribution in [3.8, 4) is 11.5 Å². The first-order valence-corrected chi connectivity index (χ1v) is 6.96. The molecule has 0 fully saturated rings. The molecule has 0 aliphatic heterocycles. The Hall–Kier alpha value is -3.16. The monoisotopic (exact) mass is 334 g/mol. The normalized spacial score (nSPS) is 11.5. The van der Waals surface area contributed by atoms with Crippen LogP contribution in [0.5, 0.6) is 11.5 Å². The predicted octanol–water partition coefficient (Wildman–Crippen LogP) is 3.15. The molecular weight excluding hydrogens is 319 g/mol. The van der Waals surface area contributed by atoms with Crippen molar-refractivity contribution in [2.45, 2.75) is 13.0 Å². The Morgan fingerprint density at radius 2 is 1.92 bits per heavy atom. The Morgan fingerprint density at radius 1 is 1.25 bits per heavy atom. The number of hydrogen-bond donors (Lipinski definition) is 1. The number of hydrogen-bond acceptors (Lipinski definition) is 5. The lowest BCUT2D eigenvalue weighted by atomic mass is 10.2. The van der Waals surface area contributed by atoms with Crippen LogP contribution >= 0.6 is 0 Å². The molecule has 0 heterocycles. The van der Waals surface area contributed by atoms with Crippen molar-refractivity contribution >= 4 is 17.3 Å². The third-order valence-electron chi connectivity index (χ3n) is 3.15. The van der Waals surface area contributed by atoms with Crippen LogP contribution in [0.15, 0.2) is 42.5 Å². The van der Waals surface area contributed by atoms with E-state index in [0.29, 0.717) is 11.4 Å². The highest BCUT2D eigenvalue weighted by Crippen LogP contribution is 2.31.